The molecule has 0 atom stereocenters. The van der Waals surface area contributed by atoms with Crippen molar-refractivity contribution < 1.29 is 9.53 Å². The first-order valence-electron chi connectivity index (χ1n) is 8.22. The van der Waals surface area contributed by atoms with E-state index in [-0.39, 0.29) is 12.5 Å². The Hall–Kier alpha value is -2.73. The minimum Gasteiger partial charge on any atom is -0.375 e. The van der Waals surface area contributed by atoms with E-state index in [9.17, 15) is 4.79 Å². The summed E-state index contributed by atoms with van der Waals surface area (Å²) in [7, 11) is 1.50. The van der Waals surface area contributed by atoms with E-state index in [2.05, 4.69) is 41.7 Å². The Morgan fingerprint density at radius 2 is 2.12 bits per heavy atom. The summed E-state index contributed by atoms with van der Waals surface area (Å²) < 4.78 is 6.94. The maximum atomic E-state index is 11.7. The molecule has 0 saturated carbocycles. The standard InChI is InChI=1S/C19H22N4O2/c1-12(2)23-11-20-9-18(23)17-7-13(3)15-6-5-14(8-16(15)22-17)21-19(24)10-25-4/h5-9,11-12H,10H2,1-4H3,(H,21,24). The molecule has 0 aliphatic carbocycles. The fourth-order valence-corrected chi connectivity index (χ4v) is 2.85. The number of pyridine rings is 1. The van der Waals surface area contributed by atoms with Crippen LogP contribution in [0.4, 0.5) is 5.69 Å². The van der Waals surface area contributed by atoms with Gasteiger partial charge in [-0.15, -0.1) is 0 Å². The number of anilines is 1. The molecule has 1 N–H and O–H groups in total. The summed E-state index contributed by atoms with van der Waals surface area (Å²) in [6, 6.07) is 8.11. The van der Waals surface area contributed by atoms with E-state index >= 15 is 0 Å². The minimum absolute atomic E-state index is 0.0259. The second-order valence-corrected chi connectivity index (χ2v) is 6.32. The van der Waals surface area contributed by atoms with Gasteiger partial charge >= 0.3 is 0 Å². The van der Waals surface area contributed by atoms with E-state index in [1.165, 1.54) is 7.11 Å². The van der Waals surface area contributed by atoms with Gasteiger partial charge in [-0.3, -0.25) is 4.79 Å². The van der Waals surface area contributed by atoms with Gasteiger partial charge < -0.3 is 14.6 Å². The van der Waals surface area contributed by atoms with Crippen molar-refractivity contribution in [2.45, 2.75) is 26.8 Å². The van der Waals surface area contributed by atoms with Crippen molar-refractivity contribution in [2.75, 3.05) is 19.0 Å². The van der Waals surface area contributed by atoms with Gasteiger partial charge in [0.2, 0.25) is 5.91 Å². The number of amides is 1. The summed E-state index contributed by atoms with van der Waals surface area (Å²) in [4.78, 5) is 20.8. The zero-order valence-corrected chi connectivity index (χ0v) is 14.9. The number of ether oxygens (including phenoxy) is 1. The highest BCUT2D eigenvalue weighted by Gasteiger charge is 2.12. The number of aryl methyl sites for hydroxylation is 1. The van der Waals surface area contributed by atoms with Gasteiger partial charge in [0.25, 0.3) is 0 Å². The number of hydrogen-bond donors (Lipinski definition) is 1. The molecule has 130 valence electrons. The topological polar surface area (TPSA) is 69.0 Å². The summed E-state index contributed by atoms with van der Waals surface area (Å²) in [5, 5.41) is 3.88. The van der Waals surface area contributed by atoms with Crippen LogP contribution in [0.5, 0.6) is 0 Å². The van der Waals surface area contributed by atoms with Crippen molar-refractivity contribution in [3.8, 4) is 11.4 Å². The average molecular weight is 338 g/mol. The number of carbonyl (C=O) groups excluding carboxylic acids is 1. The Morgan fingerprint density at radius 3 is 2.84 bits per heavy atom. The molecule has 0 fully saturated rings. The van der Waals surface area contributed by atoms with Crippen molar-refractivity contribution in [2.24, 2.45) is 0 Å². The summed E-state index contributed by atoms with van der Waals surface area (Å²) in [5.74, 6) is -0.187. The third-order valence-electron chi connectivity index (χ3n) is 4.06. The van der Waals surface area contributed by atoms with Gasteiger partial charge in [0, 0.05) is 24.2 Å². The maximum Gasteiger partial charge on any atom is 0.250 e. The Morgan fingerprint density at radius 1 is 1.32 bits per heavy atom. The Labute approximate surface area is 146 Å². The molecular formula is C19H22N4O2. The van der Waals surface area contributed by atoms with Gasteiger partial charge in [-0.25, -0.2) is 9.97 Å². The first-order chi connectivity index (χ1) is 12.0. The number of nitrogens with one attached hydrogen (secondary N) is 1. The average Bonchev–Trinajstić information content (AvgIpc) is 3.04. The lowest BCUT2D eigenvalue weighted by Gasteiger charge is -2.13. The molecule has 6 nitrogen and oxygen atoms in total. The van der Waals surface area contributed by atoms with Crippen molar-refractivity contribution in [3.63, 3.8) is 0 Å². The van der Waals surface area contributed by atoms with Crippen LogP contribution >= 0.6 is 0 Å². The highest BCUT2D eigenvalue weighted by Crippen LogP contribution is 2.27. The number of imidazole rings is 1. The summed E-state index contributed by atoms with van der Waals surface area (Å²) >= 11 is 0. The lowest BCUT2D eigenvalue weighted by atomic mass is 10.1. The van der Waals surface area contributed by atoms with Crippen LogP contribution in [-0.4, -0.2) is 34.2 Å². The largest absolute Gasteiger partial charge is 0.375 e. The second-order valence-electron chi connectivity index (χ2n) is 6.32. The molecule has 2 aromatic heterocycles. The third-order valence-corrected chi connectivity index (χ3v) is 4.06. The number of nitrogens with zero attached hydrogens (tertiary/aromatic N) is 3. The predicted molar refractivity (Wildman–Crippen MR) is 98.6 cm³/mol. The van der Waals surface area contributed by atoms with Crippen LogP contribution in [0.3, 0.4) is 0 Å². The first kappa shape index (κ1) is 17.1. The number of hydrogen-bond acceptors (Lipinski definition) is 4. The molecule has 0 aliphatic rings. The lowest BCUT2D eigenvalue weighted by molar-refractivity contribution is -0.119. The SMILES string of the molecule is COCC(=O)Nc1ccc2c(C)cc(-c3cncn3C(C)C)nc2c1. The van der Waals surface area contributed by atoms with E-state index in [0.717, 1.165) is 27.9 Å². The predicted octanol–water partition coefficient (Wildman–Crippen LogP) is 3.57. The number of benzene rings is 1. The highest BCUT2D eigenvalue weighted by atomic mass is 16.5. The summed E-state index contributed by atoms with van der Waals surface area (Å²) in [5.41, 5.74) is 4.52. The van der Waals surface area contributed by atoms with E-state index in [1.807, 2.05) is 30.7 Å². The number of rotatable bonds is 5. The zero-order chi connectivity index (χ0) is 18.0. The Bertz CT molecular complexity index is 915. The molecule has 0 unspecified atom stereocenters. The number of carbonyl (C=O) groups is 1. The van der Waals surface area contributed by atoms with Crippen LogP contribution < -0.4 is 5.32 Å². The summed E-state index contributed by atoms with van der Waals surface area (Å²) in [6.07, 6.45) is 3.65. The van der Waals surface area contributed by atoms with Gasteiger partial charge in [0.15, 0.2) is 0 Å². The van der Waals surface area contributed by atoms with Crippen molar-refractivity contribution >= 4 is 22.5 Å². The van der Waals surface area contributed by atoms with E-state index < -0.39 is 0 Å². The highest BCUT2D eigenvalue weighted by molar-refractivity contribution is 5.95. The molecule has 0 spiro atoms. The number of fused-ring (bicyclic) bond motifs is 1. The fraction of sp³-hybridized carbons (Fsp3) is 0.316. The van der Waals surface area contributed by atoms with Crippen LogP contribution in [0.1, 0.15) is 25.5 Å². The van der Waals surface area contributed by atoms with Crippen molar-refractivity contribution in [1.29, 1.82) is 0 Å². The Balaban J connectivity index is 2.04. The van der Waals surface area contributed by atoms with Gasteiger partial charge in [0.05, 0.1) is 29.4 Å². The van der Waals surface area contributed by atoms with E-state index in [0.29, 0.717) is 11.7 Å². The van der Waals surface area contributed by atoms with Crippen molar-refractivity contribution in [3.05, 3.63) is 42.4 Å². The molecule has 0 bridgehead atoms. The van der Waals surface area contributed by atoms with E-state index in [1.54, 1.807) is 0 Å². The molecule has 0 aliphatic heterocycles. The number of aromatic nitrogens is 3. The van der Waals surface area contributed by atoms with E-state index in [4.69, 9.17) is 9.72 Å². The number of methoxy groups -OCH3 is 1. The lowest BCUT2D eigenvalue weighted by Crippen LogP contribution is -2.17. The normalized spacial score (nSPS) is 11.2. The van der Waals surface area contributed by atoms with Crippen LogP contribution in [0.25, 0.3) is 22.3 Å². The van der Waals surface area contributed by atoms with Gasteiger partial charge in [-0.1, -0.05) is 6.07 Å². The second kappa shape index (κ2) is 7.03. The zero-order valence-electron chi connectivity index (χ0n) is 14.9. The molecule has 1 aromatic carbocycles. The van der Waals surface area contributed by atoms with Gasteiger partial charge in [0.1, 0.15) is 6.61 Å². The molecule has 3 aromatic rings. The first-order valence-corrected chi connectivity index (χ1v) is 8.22. The van der Waals surface area contributed by atoms with Crippen LogP contribution in [0.15, 0.2) is 36.8 Å². The molecule has 0 radical (unpaired) electrons. The van der Waals surface area contributed by atoms with Crippen LogP contribution in [0.2, 0.25) is 0 Å². The maximum absolute atomic E-state index is 11.7. The molecule has 6 heteroatoms. The molecular weight excluding hydrogens is 316 g/mol. The van der Waals surface area contributed by atoms with Crippen LogP contribution in [0, 0.1) is 6.92 Å². The van der Waals surface area contributed by atoms with Gasteiger partial charge in [-0.05, 0) is 44.5 Å². The monoisotopic (exact) mass is 338 g/mol. The molecule has 0 saturated heterocycles. The Kier molecular flexibility index (Phi) is 4.81. The fourth-order valence-electron chi connectivity index (χ4n) is 2.85. The van der Waals surface area contributed by atoms with Crippen molar-refractivity contribution in [1.82, 2.24) is 14.5 Å². The molecule has 25 heavy (non-hydrogen) atoms. The molecule has 2 heterocycles. The molecule has 3 rings (SSSR count). The minimum atomic E-state index is -0.187. The smallest absolute Gasteiger partial charge is 0.250 e. The summed E-state index contributed by atoms with van der Waals surface area (Å²) in [6.45, 7) is 6.32. The third kappa shape index (κ3) is 3.53. The van der Waals surface area contributed by atoms with Crippen LogP contribution in [-0.2, 0) is 9.53 Å². The van der Waals surface area contributed by atoms with Gasteiger partial charge in [-0.2, -0.15) is 0 Å². The molecule has 1 amide bonds. The quantitative estimate of drug-likeness (QED) is 0.772.